The fraction of sp³-hybridized carbons (Fsp3) is 0. The van der Waals surface area contributed by atoms with Crippen LogP contribution in [0.4, 0.5) is 11.4 Å². The zero-order valence-corrected chi connectivity index (χ0v) is 16.2. The van der Waals surface area contributed by atoms with E-state index in [1.165, 1.54) is 42.5 Å². The Kier molecular flexibility index (Phi) is 6.24. The third kappa shape index (κ3) is 4.89. The second kappa shape index (κ2) is 9.02. The van der Waals surface area contributed by atoms with Crippen molar-refractivity contribution in [3.8, 4) is 0 Å². The van der Waals surface area contributed by atoms with Gasteiger partial charge >= 0.3 is 5.97 Å². The summed E-state index contributed by atoms with van der Waals surface area (Å²) in [4.78, 5) is 34.2. The molecule has 7 nitrogen and oxygen atoms in total. The second-order valence-corrected chi connectivity index (χ2v) is 6.63. The van der Waals surface area contributed by atoms with Crippen LogP contribution in [-0.2, 0) is 4.79 Å². The summed E-state index contributed by atoms with van der Waals surface area (Å²) in [6.07, 6.45) is 1.33. The van der Waals surface area contributed by atoms with Gasteiger partial charge < -0.3 is 10.4 Å². The van der Waals surface area contributed by atoms with Gasteiger partial charge in [0.15, 0.2) is 0 Å². The number of benzene rings is 3. The van der Waals surface area contributed by atoms with E-state index in [0.29, 0.717) is 22.4 Å². The Labute approximate surface area is 176 Å². The predicted octanol–water partition coefficient (Wildman–Crippen LogP) is 5.02. The van der Waals surface area contributed by atoms with Gasteiger partial charge in [0.1, 0.15) is 5.02 Å². The third-order valence-electron chi connectivity index (χ3n) is 4.21. The van der Waals surface area contributed by atoms with Gasteiger partial charge in [0.25, 0.3) is 5.69 Å². The van der Waals surface area contributed by atoms with Crippen molar-refractivity contribution in [1.29, 1.82) is 0 Å². The number of carbonyl (C=O) groups excluding carboxylic acids is 1. The number of hydrogen-bond acceptors (Lipinski definition) is 4. The van der Waals surface area contributed by atoms with Crippen molar-refractivity contribution in [1.82, 2.24) is 0 Å². The van der Waals surface area contributed by atoms with Gasteiger partial charge in [-0.1, -0.05) is 48.0 Å². The molecule has 0 spiro atoms. The van der Waals surface area contributed by atoms with Crippen molar-refractivity contribution < 1.29 is 19.6 Å². The number of nitrogens with zero attached hydrogens (tertiary/aromatic N) is 1. The number of rotatable bonds is 6. The van der Waals surface area contributed by atoms with E-state index < -0.39 is 16.8 Å². The van der Waals surface area contributed by atoms with E-state index in [0.717, 1.165) is 0 Å². The molecule has 0 aliphatic carbocycles. The van der Waals surface area contributed by atoms with Gasteiger partial charge in [0.05, 0.1) is 10.5 Å². The van der Waals surface area contributed by atoms with E-state index in [1.807, 2.05) is 6.07 Å². The van der Waals surface area contributed by atoms with Crippen LogP contribution in [0.2, 0.25) is 5.02 Å². The maximum Gasteiger partial charge on any atom is 0.335 e. The maximum atomic E-state index is 12.6. The standard InChI is InChI=1S/C22H15ClN2O5/c23-19-11-8-16(12-20(19)25(29)30)18(14-4-2-1-3-5-14)13-21(26)24-17-9-6-15(7-10-17)22(27)28/h1-13H,(H,24,26)(H,27,28). The maximum absolute atomic E-state index is 12.6. The molecule has 3 rings (SSSR count). The zero-order valence-electron chi connectivity index (χ0n) is 15.4. The van der Waals surface area contributed by atoms with E-state index in [-0.39, 0.29) is 16.3 Å². The highest BCUT2D eigenvalue weighted by Crippen LogP contribution is 2.31. The highest BCUT2D eigenvalue weighted by Gasteiger charge is 2.16. The number of aromatic carboxylic acids is 1. The molecule has 0 heterocycles. The molecule has 30 heavy (non-hydrogen) atoms. The van der Waals surface area contributed by atoms with Crippen molar-refractivity contribution in [3.63, 3.8) is 0 Å². The van der Waals surface area contributed by atoms with E-state index in [2.05, 4.69) is 5.32 Å². The van der Waals surface area contributed by atoms with E-state index >= 15 is 0 Å². The molecule has 0 unspecified atom stereocenters. The molecule has 0 saturated heterocycles. The average molecular weight is 423 g/mol. The molecular formula is C22H15ClN2O5. The summed E-state index contributed by atoms with van der Waals surface area (Å²) >= 11 is 5.91. The van der Waals surface area contributed by atoms with Crippen LogP contribution in [0, 0.1) is 10.1 Å². The largest absolute Gasteiger partial charge is 0.478 e. The first-order valence-corrected chi connectivity index (χ1v) is 9.08. The van der Waals surface area contributed by atoms with Crippen LogP contribution in [0.1, 0.15) is 21.5 Å². The second-order valence-electron chi connectivity index (χ2n) is 6.22. The summed E-state index contributed by atoms with van der Waals surface area (Å²) in [5.41, 5.74) is 1.85. The molecule has 3 aromatic rings. The first-order chi connectivity index (χ1) is 14.3. The zero-order chi connectivity index (χ0) is 21.7. The van der Waals surface area contributed by atoms with Crippen LogP contribution in [0.5, 0.6) is 0 Å². The Balaban J connectivity index is 1.97. The van der Waals surface area contributed by atoms with Crippen molar-refractivity contribution in [2.45, 2.75) is 0 Å². The average Bonchev–Trinajstić information content (AvgIpc) is 2.73. The quantitative estimate of drug-likeness (QED) is 0.329. The lowest BCUT2D eigenvalue weighted by Crippen LogP contribution is -2.09. The number of anilines is 1. The Bertz CT molecular complexity index is 1140. The number of hydrogen-bond donors (Lipinski definition) is 2. The van der Waals surface area contributed by atoms with Crippen LogP contribution in [0.15, 0.2) is 78.9 Å². The third-order valence-corrected chi connectivity index (χ3v) is 4.53. The molecule has 0 fully saturated rings. The summed E-state index contributed by atoms with van der Waals surface area (Å²) in [5, 5.41) is 22.9. The Hall–Kier alpha value is -3.97. The molecule has 3 aromatic carbocycles. The van der Waals surface area contributed by atoms with Crippen LogP contribution in [0.25, 0.3) is 5.57 Å². The van der Waals surface area contributed by atoms with Crippen LogP contribution < -0.4 is 5.32 Å². The molecule has 8 heteroatoms. The Morgan fingerprint density at radius 2 is 1.57 bits per heavy atom. The predicted molar refractivity (Wildman–Crippen MR) is 114 cm³/mol. The minimum Gasteiger partial charge on any atom is -0.478 e. The van der Waals surface area contributed by atoms with Crippen LogP contribution in [-0.4, -0.2) is 21.9 Å². The molecule has 0 bridgehead atoms. The molecule has 0 saturated carbocycles. The normalized spacial score (nSPS) is 11.0. The molecule has 0 aliphatic heterocycles. The van der Waals surface area contributed by atoms with Gasteiger partial charge in [-0.15, -0.1) is 0 Å². The summed E-state index contributed by atoms with van der Waals surface area (Å²) in [5.74, 6) is -1.54. The Morgan fingerprint density at radius 3 is 2.17 bits per heavy atom. The highest BCUT2D eigenvalue weighted by atomic mass is 35.5. The SMILES string of the molecule is O=C(C=C(c1ccccc1)c1ccc(Cl)c([N+](=O)[O-])c1)Nc1ccc(C(=O)O)cc1. The summed E-state index contributed by atoms with van der Waals surface area (Å²) < 4.78 is 0. The van der Waals surface area contributed by atoms with Gasteiger partial charge in [0, 0.05) is 17.8 Å². The molecular weight excluding hydrogens is 408 g/mol. The number of carboxylic acid groups (broad SMARTS) is 1. The lowest BCUT2D eigenvalue weighted by atomic mass is 9.97. The van der Waals surface area contributed by atoms with Gasteiger partial charge in [0.2, 0.25) is 5.91 Å². The number of carboxylic acids is 1. The fourth-order valence-electron chi connectivity index (χ4n) is 2.78. The van der Waals surface area contributed by atoms with Crippen LogP contribution >= 0.6 is 11.6 Å². The summed E-state index contributed by atoms with van der Waals surface area (Å²) in [7, 11) is 0. The fourth-order valence-corrected chi connectivity index (χ4v) is 2.96. The minimum atomic E-state index is -1.07. The first-order valence-electron chi connectivity index (χ1n) is 8.71. The smallest absolute Gasteiger partial charge is 0.335 e. The molecule has 150 valence electrons. The topological polar surface area (TPSA) is 110 Å². The molecule has 0 atom stereocenters. The van der Waals surface area contributed by atoms with Gasteiger partial charge in [-0.2, -0.15) is 0 Å². The lowest BCUT2D eigenvalue weighted by molar-refractivity contribution is -0.384. The number of nitro groups is 1. The number of amides is 1. The first kappa shape index (κ1) is 20.8. The molecule has 0 aromatic heterocycles. The molecule has 2 N–H and O–H groups in total. The van der Waals surface area contributed by atoms with Gasteiger partial charge in [-0.3, -0.25) is 14.9 Å². The lowest BCUT2D eigenvalue weighted by Gasteiger charge is -2.10. The van der Waals surface area contributed by atoms with Gasteiger partial charge in [-0.25, -0.2) is 4.79 Å². The molecule has 0 aliphatic rings. The van der Waals surface area contributed by atoms with Crippen molar-refractivity contribution >= 4 is 40.4 Å². The minimum absolute atomic E-state index is 0.000802. The van der Waals surface area contributed by atoms with E-state index in [1.54, 1.807) is 30.3 Å². The highest BCUT2D eigenvalue weighted by molar-refractivity contribution is 6.32. The van der Waals surface area contributed by atoms with E-state index in [9.17, 15) is 19.7 Å². The van der Waals surface area contributed by atoms with Gasteiger partial charge in [-0.05, 0) is 47.0 Å². The number of carbonyl (C=O) groups is 2. The van der Waals surface area contributed by atoms with Crippen LogP contribution in [0.3, 0.4) is 0 Å². The number of nitrogens with one attached hydrogen (secondary N) is 1. The van der Waals surface area contributed by atoms with Crippen molar-refractivity contribution in [3.05, 3.63) is 111 Å². The number of nitro benzene ring substituents is 1. The molecule has 0 radical (unpaired) electrons. The van der Waals surface area contributed by atoms with Crippen molar-refractivity contribution in [2.24, 2.45) is 0 Å². The Morgan fingerprint density at radius 1 is 0.933 bits per heavy atom. The molecule has 1 amide bonds. The monoisotopic (exact) mass is 422 g/mol. The number of halogens is 1. The summed E-state index contributed by atoms with van der Waals surface area (Å²) in [6.45, 7) is 0. The summed E-state index contributed by atoms with van der Waals surface area (Å²) in [6, 6.07) is 19.0. The van der Waals surface area contributed by atoms with E-state index in [4.69, 9.17) is 16.7 Å². The van der Waals surface area contributed by atoms with Crippen molar-refractivity contribution in [2.75, 3.05) is 5.32 Å².